The molecule has 30 heavy (non-hydrogen) atoms. The van der Waals surface area contributed by atoms with Gasteiger partial charge >= 0.3 is 0 Å². The molecule has 1 aliphatic heterocycles. The number of rotatable bonds is 5. The molecule has 0 amide bonds. The molecule has 154 valence electrons. The molecule has 0 spiro atoms. The number of halogens is 1. The van der Waals surface area contributed by atoms with Gasteiger partial charge in [-0.25, -0.2) is 9.24 Å². The van der Waals surface area contributed by atoms with E-state index in [0.29, 0.717) is 44.0 Å². The molecule has 0 atom stereocenters. The van der Waals surface area contributed by atoms with Gasteiger partial charge in [0.2, 0.25) is 0 Å². The first-order chi connectivity index (χ1) is 14.6. The summed E-state index contributed by atoms with van der Waals surface area (Å²) in [4.78, 5) is 5.64. The monoisotopic (exact) mass is 407 g/mol. The lowest BCUT2D eigenvalue weighted by atomic mass is 10.1. The number of fused-ring (bicyclic) bond motifs is 1. The zero-order valence-corrected chi connectivity index (χ0v) is 16.6. The summed E-state index contributed by atoms with van der Waals surface area (Å²) in [5.74, 6) is 1.05. The number of nitrogens with zero attached hydrogens (tertiary/aromatic N) is 4. The van der Waals surface area contributed by atoms with E-state index in [0.717, 1.165) is 22.2 Å². The van der Waals surface area contributed by atoms with Gasteiger partial charge in [0.15, 0.2) is 28.9 Å². The van der Waals surface area contributed by atoms with Gasteiger partial charge in [0, 0.05) is 30.4 Å². The van der Waals surface area contributed by atoms with E-state index in [1.54, 1.807) is 24.3 Å². The molecule has 4 rings (SSSR count). The van der Waals surface area contributed by atoms with Crippen LogP contribution in [-0.2, 0) is 6.54 Å². The van der Waals surface area contributed by atoms with E-state index in [1.807, 2.05) is 6.07 Å². The maximum Gasteiger partial charge on any atom is 0.188 e. The fraction of sp³-hybridized carbons (Fsp3) is 0.318. The van der Waals surface area contributed by atoms with Crippen LogP contribution in [0.4, 0.5) is 21.7 Å². The zero-order valence-electron chi connectivity index (χ0n) is 16.6. The van der Waals surface area contributed by atoms with E-state index in [9.17, 15) is 9.50 Å². The number of hydrogen-bond acceptors (Lipinski definition) is 6. The molecule has 0 saturated carbocycles. The third-order valence-electron chi connectivity index (χ3n) is 5.31. The van der Waals surface area contributed by atoms with Crippen molar-refractivity contribution in [2.75, 3.05) is 30.4 Å². The largest absolute Gasteiger partial charge is 0.494 e. The highest BCUT2D eigenvalue weighted by Gasteiger charge is 2.21. The summed E-state index contributed by atoms with van der Waals surface area (Å²) in [6, 6.07) is 10.2. The van der Waals surface area contributed by atoms with Gasteiger partial charge in [-0.3, -0.25) is 0 Å². The standard InChI is InChI=1S/C22H22FN5O2/c1-24-15-4-5-17-18(12-15)21(25-13-14-3-6-20(30-2)19(23)11-14)26-27-22(17)28-9-7-16(29)8-10-28/h3-6,11-12,16,29H,7-10,13H2,2H3,(H,25,26). The van der Waals surface area contributed by atoms with Crippen LogP contribution in [0.25, 0.3) is 15.6 Å². The molecular formula is C22H22FN5O2. The topological polar surface area (TPSA) is 74.9 Å². The van der Waals surface area contributed by atoms with Gasteiger partial charge in [0.25, 0.3) is 0 Å². The minimum atomic E-state index is -0.425. The number of hydrogen-bond donors (Lipinski definition) is 2. The minimum Gasteiger partial charge on any atom is -0.494 e. The SMILES string of the molecule is [C-]#[N+]c1ccc2c(N3CCC(O)CC3)nnc(NCc3ccc(OC)c(F)c3)c2c1. The van der Waals surface area contributed by atoms with E-state index in [2.05, 4.69) is 25.3 Å². The van der Waals surface area contributed by atoms with Crippen molar-refractivity contribution in [3.05, 3.63) is 59.2 Å². The molecule has 7 nitrogen and oxygen atoms in total. The number of nitrogens with one attached hydrogen (secondary N) is 1. The molecule has 1 fully saturated rings. The Balaban J connectivity index is 1.65. The predicted molar refractivity (Wildman–Crippen MR) is 114 cm³/mol. The number of aromatic nitrogens is 2. The first-order valence-electron chi connectivity index (χ1n) is 9.76. The van der Waals surface area contributed by atoms with Crippen molar-refractivity contribution < 1.29 is 14.2 Å². The second-order valence-corrected chi connectivity index (χ2v) is 7.25. The highest BCUT2D eigenvalue weighted by Crippen LogP contribution is 2.33. The molecule has 0 aliphatic carbocycles. The van der Waals surface area contributed by atoms with Gasteiger partial charge in [-0.2, -0.15) is 0 Å². The number of piperidine rings is 1. The Morgan fingerprint density at radius 2 is 2.00 bits per heavy atom. The molecule has 2 aromatic carbocycles. The van der Waals surface area contributed by atoms with Crippen LogP contribution in [0.3, 0.4) is 0 Å². The first-order valence-corrected chi connectivity index (χ1v) is 9.76. The maximum absolute atomic E-state index is 14.0. The first kappa shape index (κ1) is 19.9. The summed E-state index contributed by atoms with van der Waals surface area (Å²) in [7, 11) is 1.43. The number of ether oxygens (including phenoxy) is 1. The number of aliphatic hydroxyl groups excluding tert-OH is 1. The second kappa shape index (κ2) is 8.51. The number of benzene rings is 2. The molecule has 1 saturated heterocycles. The van der Waals surface area contributed by atoms with Crippen LogP contribution >= 0.6 is 0 Å². The normalized spacial score (nSPS) is 14.5. The van der Waals surface area contributed by atoms with Gasteiger partial charge in [-0.1, -0.05) is 18.2 Å². The van der Waals surface area contributed by atoms with Crippen LogP contribution in [0.2, 0.25) is 0 Å². The maximum atomic E-state index is 14.0. The van der Waals surface area contributed by atoms with Crippen LogP contribution < -0.4 is 15.0 Å². The molecule has 0 bridgehead atoms. The highest BCUT2D eigenvalue weighted by atomic mass is 19.1. The lowest BCUT2D eigenvalue weighted by molar-refractivity contribution is 0.145. The highest BCUT2D eigenvalue weighted by molar-refractivity contribution is 6.00. The lowest BCUT2D eigenvalue weighted by Gasteiger charge is -2.31. The van der Waals surface area contributed by atoms with E-state index in [1.165, 1.54) is 13.2 Å². The van der Waals surface area contributed by atoms with Crippen molar-refractivity contribution in [2.24, 2.45) is 0 Å². The summed E-state index contributed by atoms with van der Waals surface area (Å²) >= 11 is 0. The van der Waals surface area contributed by atoms with Crippen LogP contribution in [0.5, 0.6) is 5.75 Å². The van der Waals surface area contributed by atoms with E-state index in [-0.39, 0.29) is 11.9 Å². The Morgan fingerprint density at radius 1 is 1.20 bits per heavy atom. The van der Waals surface area contributed by atoms with Crippen LogP contribution in [-0.4, -0.2) is 41.6 Å². The Kier molecular flexibility index (Phi) is 5.63. The third kappa shape index (κ3) is 3.98. The van der Waals surface area contributed by atoms with Crippen molar-refractivity contribution >= 4 is 28.1 Å². The van der Waals surface area contributed by atoms with Crippen LogP contribution in [0, 0.1) is 12.4 Å². The summed E-state index contributed by atoms with van der Waals surface area (Å²) < 4.78 is 18.9. The van der Waals surface area contributed by atoms with Gasteiger partial charge in [0.05, 0.1) is 19.8 Å². The van der Waals surface area contributed by atoms with Gasteiger partial charge in [-0.05, 0) is 36.6 Å². The fourth-order valence-corrected chi connectivity index (χ4v) is 3.65. The van der Waals surface area contributed by atoms with Crippen molar-refractivity contribution in [1.29, 1.82) is 0 Å². The Bertz CT molecular complexity index is 1110. The Hall–Kier alpha value is -3.44. The zero-order chi connectivity index (χ0) is 21.1. The number of methoxy groups -OCH3 is 1. The van der Waals surface area contributed by atoms with Crippen molar-refractivity contribution in [2.45, 2.75) is 25.5 Å². The fourth-order valence-electron chi connectivity index (χ4n) is 3.65. The minimum absolute atomic E-state index is 0.196. The van der Waals surface area contributed by atoms with Crippen molar-refractivity contribution in [3.8, 4) is 5.75 Å². The van der Waals surface area contributed by atoms with Crippen LogP contribution in [0.15, 0.2) is 36.4 Å². The average Bonchev–Trinajstić information content (AvgIpc) is 2.77. The van der Waals surface area contributed by atoms with Crippen molar-refractivity contribution in [3.63, 3.8) is 0 Å². The molecule has 1 aliphatic rings. The number of anilines is 2. The summed E-state index contributed by atoms with van der Waals surface area (Å²) in [6.45, 7) is 9.09. The predicted octanol–water partition coefficient (Wildman–Crippen LogP) is 3.90. The van der Waals surface area contributed by atoms with Crippen LogP contribution in [0.1, 0.15) is 18.4 Å². The molecule has 0 radical (unpaired) electrons. The van der Waals surface area contributed by atoms with E-state index in [4.69, 9.17) is 11.3 Å². The molecule has 2 heterocycles. The summed E-state index contributed by atoms with van der Waals surface area (Å²) in [5.41, 5.74) is 1.24. The quantitative estimate of drug-likeness (QED) is 0.625. The van der Waals surface area contributed by atoms with E-state index >= 15 is 0 Å². The Morgan fingerprint density at radius 3 is 2.70 bits per heavy atom. The summed E-state index contributed by atoms with van der Waals surface area (Å²) in [6.07, 6.45) is 1.10. The second-order valence-electron chi connectivity index (χ2n) is 7.25. The number of aliphatic hydroxyl groups is 1. The van der Waals surface area contributed by atoms with Gasteiger partial charge in [-0.15, -0.1) is 10.2 Å². The summed E-state index contributed by atoms with van der Waals surface area (Å²) in [5, 5.41) is 23.5. The average molecular weight is 407 g/mol. The molecule has 8 heteroatoms. The van der Waals surface area contributed by atoms with Gasteiger partial charge < -0.3 is 20.1 Å². The van der Waals surface area contributed by atoms with E-state index < -0.39 is 5.82 Å². The molecule has 2 N–H and O–H groups in total. The molecule has 1 aromatic heterocycles. The van der Waals surface area contributed by atoms with Gasteiger partial charge in [0.1, 0.15) is 0 Å². The molecule has 0 unspecified atom stereocenters. The Labute approximate surface area is 173 Å². The lowest BCUT2D eigenvalue weighted by Crippen LogP contribution is -2.36. The van der Waals surface area contributed by atoms with Crippen molar-refractivity contribution in [1.82, 2.24) is 10.2 Å². The third-order valence-corrected chi connectivity index (χ3v) is 5.31. The smallest absolute Gasteiger partial charge is 0.188 e. The molecule has 3 aromatic rings. The molecular weight excluding hydrogens is 385 g/mol.